The molecule has 0 aliphatic heterocycles. The number of rotatable bonds is 17. The van der Waals surface area contributed by atoms with E-state index in [0.717, 1.165) is 6.42 Å². The van der Waals surface area contributed by atoms with Crippen molar-refractivity contribution in [3.05, 3.63) is 53.6 Å². The SMILES string of the molecule is COc1ccc(NC(=O)[C@H](CCCCN)NC(=O)c2ccccc2OC)cc1C(=O)N[C@H](C=O)CCCCN. The van der Waals surface area contributed by atoms with Crippen LogP contribution >= 0.6 is 0 Å². The zero-order valence-corrected chi connectivity index (χ0v) is 22.5. The Morgan fingerprint density at radius 1 is 0.821 bits per heavy atom. The lowest BCUT2D eigenvalue weighted by Crippen LogP contribution is -2.44. The van der Waals surface area contributed by atoms with E-state index in [9.17, 15) is 19.2 Å². The minimum atomic E-state index is -0.865. The summed E-state index contributed by atoms with van der Waals surface area (Å²) >= 11 is 0. The second kappa shape index (κ2) is 16.8. The third-order valence-corrected chi connectivity index (χ3v) is 6.08. The van der Waals surface area contributed by atoms with Crippen molar-refractivity contribution in [1.82, 2.24) is 10.6 Å². The zero-order chi connectivity index (χ0) is 28.6. The van der Waals surface area contributed by atoms with Gasteiger partial charge in [0.2, 0.25) is 5.91 Å². The van der Waals surface area contributed by atoms with Crippen molar-refractivity contribution in [2.75, 3.05) is 32.6 Å². The van der Waals surface area contributed by atoms with Gasteiger partial charge in [0.05, 0.1) is 31.4 Å². The summed E-state index contributed by atoms with van der Waals surface area (Å²) < 4.78 is 10.6. The Morgan fingerprint density at radius 2 is 1.44 bits per heavy atom. The van der Waals surface area contributed by atoms with Gasteiger partial charge in [-0.25, -0.2) is 0 Å². The monoisotopic (exact) mass is 541 g/mol. The summed E-state index contributed by atoms with van der Waals surface area (Å²) in [4.78, 5) is 50.7. The number of unbranched alkanes of at least 4 members (excludes halogenated alkanes) is 2. The summed E-state index contributed by atoms with van der Waals surface area (Å²) in [5, 5.41) is 8.24. The molecule has 11 nitrogen and oxygen atoms in total. The predicted octanol–water partition coefficient (Wildman–Crippen LogP) is 2.00. The summed E-state index contributed by atoms with van der Waals surface area (Å²) in [6, 6.07) is 9.78. The van der Waals surface area contributed by atoms with Crippen LogP contribution in [0.5, 0.6) is 11.5 Å². The van der Waals surface area contributed by atoms with Gasteiger partial charge in [-0.2, -0.15) is 0 Å². The van der Waals surface area contributed by atoms with Gasteiger partial charge in [-0.1, -0.05) is 12.1 Å². The lowest BCUT2D eigenvalue weighted by molar-refractivity contribution is -0.118. The van der Waals surface area contributed by atoms with E-state index in [-0.39, 0.29) is 11.3 Å². The molecule has 0 fully saturated rings. The van der Waals surface area contributed by atoms with Crippen molar-refractivity contribution in [2.45, 2.75) is 50.6 Å². The maximum Gasteiger partial charge on any atom is 0.255 e. The van der Waals surface area contributed by atoms with Crippen LogP contribution < -0.4 is 36.9 Å². The van der Waals surface area contributed by atoms with Crippen LogP contribution in [0.2, 0.25) is 0 Å². The number of nitrogens with two attached hydrogens (primary N) is 2. The van der Waals surface area contributed by atoms with Crippen molar-refractivity contribution in [1.29, 1.82) is 0 Å². The fourth-order valence-corrected chi connectivity index (χ4v) is 3.95. The third-order valence-electron chi connectivity index (χ3n) is 6.08. The number of hydrogen-bond donors (Lipinski definition) is 5. The average molecular weight is 542 g/mol. The first kappa shape index (κ1) is 31.3. The predicted molar refractivity (Wildman–Crippen MR) is 149 cm³/mol. The topological polar surface area (TPSA) is 175 Å². The van der Waals surface area contributed by atoms with Gasteiger partial charge in [0.25, 0.3) is 11.8 Å². The number of hydrogen-bond acceptors (Lipinski definition) is 8. The van der Waals surface area contributed by atoms with Crippen molar-refractivity contribution in [3.8, 4) is 11.5 Å². The molecule has 0 bridgehead atoms. The highest BCUT2D eigenvalue weighted by Gasteiger charge is 2.24. The van der Waals surface area contributed by atoms with Crippen LogP contribution in [0.1, 0.15) is 59.2 Å². The molecule has 2 atom stereocenters. The quantitative estimate of drug-likeness (QED) is 0.149. The number of carbonyl (C=O) groups is 4. The lowest BCUT2D eigenvalue weighted by atomic mass is 10.1. The molecule has 212 valence electrons. The molecule has 0 saturated heterocycles. The van der Waals surface area contributed by atoms with Gasteiger partial charge >= 0.3 is 0 Å². The third kappa shape index (κ3) is 9.69. The number of carbonyl (C=O) groups excluding carboxylic acids is 4. The van der Waals surface area contributed by atoms with Gasteiger partial charge in [-0.15, -0.1) is 0 Å². The minimum Gasteiger partial charge on any atom is -0.496 e. The second-order valence-electron chi connectivity index (χ2n) is 8.92. The van der Waals surface area contributed by atoms with E-state index in [2.05, 4.69) is 16.0 Å². The number of nitrogens with one attached hydrogen (secondary N) is 3. The maximum absolute atomic E-state index is 13.3. The molecule has 2 aromatic carbocycles. The molecule has 0 heterocycles. The van der Waals surface area contributed by atoms with Crippen LogP contribution in [0, 0.1) is 0 Å². The van der Waals surface area contributed by atoms with E-state index in [0.29, 0.717) is 68.5 Å². The fraction of sp³-hybridized carbons (Fsp3) is 0.429. The molecule has 0 aliphatic rings. The molecule has 0 aromatic heterocycles. The highest BCUT2D eigenvalue weighted by Crippen LogP contribution is 2.24. The van der Waals surface area contributed by atoms with E-state index >= 15 is 0 Å². The molecule has 0 saturated carbocycles. The Morgan fingerprint density at radius 3 is 2.08 bits per heavy atom. The molecule has 0 radical (unpaired) electrons. The van der Waals surface area contributed by atoms with Gasteiger partial charge in [0.15, 0.2) is 0 Å². The van der Waals surface area contributed by atoms with E-state index in [1.165, 1.54) is 20.3 Å². The molecule has 2 rings (SSSR count). The van der Waals surface area contributed by atoms with Crippen LogP contribution in [0.4, 0.5) is 5.69 Å². The molecule has 0 aliphatic carbocycles. The Balaban J connectivity index is 2.21. The average Bonchev–Trinajstić information content (AvgIpc) is 2.95. The van der Waals surface area contributed by atoms with Gasteiger partial charge in [-0.05, 0) is 81.9 Å². The van der Waals surface area contributed by atoms with Crippen molar-refractivity contribution in [2.24, 2.45) is 11.5 Å². The number of amides is 3. The highest BCUT2D eigenvalue weighted by atomic mass is 16.5. The van der Waals surface area contributed by atoms with E-state index < -0.39 is 29.8 Å². The van der Waals surface area contributed by atoms with Crippen LogP contribution in [-0.4, -0.2) is 63.4 Å². The molecule has 2 aromatic rings. The Hall–Kier alpha value is -3.96. The van der Waals surface area contributed by atoms with Crippen molar-refractivity contribution >= 4 is 29.7 Å². The first-order valence-electron chi connectivity index (χ1n) is 13.0. The molecular formula is C28H39N5O6. The van der Waals surface area contributed by atoms with E-state index in [1.807, 2.05) is 0 Å². The van der Waals surface area contributed by atoms with Gasteiger partial charge < -0.3 is 41.7 Å². The summed E-state index contributed by atoms with van der Waals surface area (Å²) in [5.74, 6) is -0.763. The Kier molecular flexibility index (Phi) is 13.5. The largest absolute Gasteiger partial charge is 0.496 e. The molecular weight excluding hydrogens is 502 g/mol. The standard InChI is InChI=1S/C28H39N5O6/c1-38-24-12-4-3-10-21(24)26(35)33-23(11-6-8-16-30)28(37)31-19-13-14-25(39-2)22(17-19)27(36)32-20(18-34)9-5-7-15-29/h3-4,10,12-14,17-18,20,23H,5-9,11,15-16,29-30H2,1-2H3,(H,31,37)(H,32,36)(H,33,35)/t20-,23-/m0/s1. The molecule has 0 spiro atoms. The number of aldehydes is 1. The first-order chi connectivity index (χ1) is 18.9. The number of anilines is 1. The van der Waals surface area contributed by atoms with Crippen LogP contribution in [-0.2, 0) is 9.59 Å². The summed E-state index contributed by atoms with van der Waals surface area (Å²) in [6.07, 6.45) is 4.24. The number of para-hydroxylation sites is 1. The number of ether oxygens (including phenoxy) is 2. The Bertz CT molecular complexity index is 1110. The maximum atomic E-state index is 13.3. The minimum absolute atomic E-state index is 0.152. The Labute approximate surface area is 229 Å². The van der Waals surface area contributed by atoms with E-state index in [4.69, 9.17) is 20.9 Å². The number of benzene rings is 2. The second-order valence-corrected chi connectivity index (χ2v) is 8.92. The van der Waals surface area contributed by atoms with Crippen LogP contribution in [0.15, 0.2) is 42.5 Å². The number of methoxy groups -OCH3 is 2. The molecule has 7 N–H and O–H groups in total. The highest BCUT2D eigenvalue weighted by molar-refractivity contribution is 6.04. The molecule has 3 amide bonds. The first-order valence-corrected chi connectivity index (χ1v) is 13.0. The van der Waals surface area contributed by atoms with Gasteiger partial charge in [0.1, 0.15) is 23.8 Å². The van der Waals surface area contributed by atoms with Crippen LogP contribution in [0.3, 0.4) is 0 Å². The molecule has 0 unspecified atom stereocenters. The van der Waals surface area contributed by atoms with Gasteiger partial charge in [-0.3, -0.25) is 14.4 Å². The smallest absolute Gasteiger partial charge is 0.255 e. The summed E-state index contributed by atoms with van der Waals surface area (Å²) in [6.45, 7) is 0.960. The molecule has 11 heteroatoms. The van der Waals surface area contributed by atoms with E-state index in [1.54, 1.807) is 36.4 Å². The van der Waals surface area contributed by atoms with Gasteiger partial charge in [0, 0.05) is 5.69 Å². The fourth-order valence-electron chi connectivity index (χ4n) is 3.95. The summed E-state index contributed by atoms with van der Waals surface area (Å²) in [5.41, 5.74) is 11.9. The normalized spacial score (nSPS) is 12.1. The van der Waals surface area contributed by atoms with Crippen LogP contribution in [0.25, 0.3) is 0 Å². The summed E-state index contributed by atoms with van der Waals surface area (Å²) in [7, 11) is 2.89. The zero-order valence-electron chi connectivity index (χ0n) is 22.5. The van der Waals surface area contributed by atoms with Crippen molar-refractivity contribution < 1.29 is 28.7 Å². The van der Waals surface area contributed by atoms with Crippen molar-refractivity contribution in [3.63, 3.8) is 0 Å². The molecule has 39 heavy (non-hydrogen) atoms. The lowest BCUT2D eigenvalue weighted by Gasteiger charge is -2.20.